The summed E-state index contributed by atoms with van der Waals surface area (Å²) in [5.41, 5.74) is 0.703. The standard InChI is InChI=1S/C21H22ClN3O7S/c1-30-13-6-12(7-14(8-13)31-2)23-21(27)17-4-3-5-25(17)33(28,29)19-10-18-16(9-15(19)22)24-20(26)11-32-18/h6-10,17H,3-5,11H2,1-2H3,(H,23,27)(H,24,26). The number of carbonyl (C=O) groups is 2. The molecule has 2 aliphatic heterocycles. The molecular formula is C21H22ClN3O7S. The number of benzene rings is 2. The zero-order valence-corrected chi connectivity index (χ0v) is 19.5. The van der Waals surface area contributed by atoms with Gasteiger partial charge in [-0.05, 0) is 18.9 Å². The van der Waals surface area contributed by atoms with Crippen LogP contribution in [0.15, 0.2) is 35.2 Å². The van der Waals surface area contributed by atoms with Crippen molar-refractivity contribution in [3.63, 3.8) is 0 Å². The maximum Gasteiger partial charge on any atom is 0.262 e. The number of rotatable bonds is 6. The number of sulfonamides is 1. The average Bonchev–Trinajstić information content (AvgIpc) is 3.29. The van der Waals surface area contributed by atoms with Crippen LogP contribution in [0.2, 0.25) is 5.02 Å². The van der Waals surface area contributed by atoms with Crippen molar-refractivity contribution >= 4 is 44.8 Å². The molecule has 12 heteroatoms. The molecule has 0 aliphatic carbocycles. The highest BCUT2D eigenvalue weighted by molar-refractivity contribution is 7.89. The molecule has 0 bridgehead atoms. The Morgan fingerprint density at radius 3 is 2.55 bits per heavy atom. The maximum atomic E-state index is 13.5. The van der Waals surface area contributed by atoms with Crippen molar-refractivity contribution in [3.8, 4) is 17.2 Å². The number of halogens is 1. The highest BCUT2D eigenvalue weighted by atomic mass is 35.5. The molecule has 4 rings (SSSR count). The lowest BCUT2D eigenvalue weighted by molar-refractivity contribution is -0.119. The summed E-state index contributed by atoms with van der Waals surface area (Å²) in [6, 6.07) is 6.55. The van der Waals surface area contributed by atoms with Gasteiger partial charge in [-0.3, -0.25) is 9.59 Å². The fourth-order valence-corrected chi connectivity index (χ4v) is 5.98. The van der Waals surface area contributed by atoms with E-state index in [-0.39, 0.29) is 40.4 Å². The molecule has 1 atom stereocenters. The first-order valence-electron chi connectivity index (χ1n) is 10.0. The van der Waals surface area contributed by atoms with Crippen LogP contribution in [0.3, 0.4) is 0 Å². The third kappa shape index (κ3) is 4.56. The Morgan fingerprint density at radius 1 is 1.18 bits per heavy atom. The van der Waals surface area contributed by atoms with Gasteiger partial charge in [0.25, 0.3) is 5.91 Å². The maximum absolute atomic E-state index is 13.5. The molecule has 0 radical (unpaired) electrons. The number of hydrogen-bond acceptors (Lipinski definition) is 7. The van der Waals surface area contributed by atoms with Crippen molar-refractivity contribution in [3.05, 3.63) is 35.4 Å². The molecule has 1 saturated heterocycles. The second-order valence-electron chi connectivity index (χ2n) is 7.48. The summed E-state index contributed by atoms with van der Waals surface area (Å²) in [4.78, 5) is 24.4. The quantitative estimate of drug-likeness (QED) is 0.631. The number of anilines is 2. The SMILES string of the molecule is COc1cc(NC(=O)C2CCCN2S(=O)(=O)c2cc3c(cc2Cl)NC(=O)CO3)cc(OC)c1. The molecule has 0 aromatic heterocycles. The third-order valence-corrected chi connectivity index (χ3v) is 7.75. The van der Waals surface area contributed by atoms with Gasteiger partial charge in [0.1, 0.15) is 28.2 Å². The van der Waals surface area contributed by atoms with Gasteiger partial charge in [-0.25, -0.2) is 8.42 Å². The Hall–Kier alpha value is -3.02. The van der Waals surface area contributed by atoms with Gasteiger partial charge in [0, 0.05) is 36.5 Å². The normalized spacial score (nSPS) is 18.2. The van der Waals surface area contributed by atoms with E-state index >= 15 is 0 Å². The highest BCUT2D eigenvalue weighted by Crippen LogP contribution is 2.38. The first-order valence-corrected chi connectivity index (χ1v) is 11.9. The Bertz CT molecular complexity index is 1200. The predicted molar refractivity (Wildman–Crippen MR) is 121 cm³/mol. The van der Waals surface area contributed by atoms with E-state index in [0.29, 0.717) is 30.0 Å². The van der Waals surface area contributed by atoms with Crippen LogP contribution in [0.25, 0.3) is 0 Å². The lowest BCUT2D eigenvalue weighted by atomic mass is 10.2. The second kappa shape index (κ2) is 9.08. The Balaban J connectivity index is 1.60. The fourth-order valence-electron chi connectivity index (χ4n) is 3.80. The van der Waals surface area contributed by atoms with Crippen molar-refractivity contribution in [1.29, 1.82) is 0 Å². The van der Waals surface area contributed by atoms with Gasteiger partial charge in [0.05, 0.1) is 24.9 Å². The van der Waals surface area contributed by atoms with Gasteiger partial charge in [-0.15, -0.1) is 0 Å². The van der Waals surface area contributed by atoms with Gasteiger partial charge in [0.15, 0.2) is 6.61 Å². The molecule has 2 amide bonds. The molecular weight excluding hydrogens is 474 g/mol. The van der Waals surface area contributed by atoms with E-state index < -0.39 is 22.0 Å². The highest BCUT2D eigenvalue weighted by Gasteiger charge is 2.41. The number of carbonyl (C=O) groups excluding carboxylic acids is 2. The number of methoxy groups -OCH3 is 2. The molecule has 33 heavy (non-hydrogen) atoms. The topological polar surface area (TPSA) is 123 Å². The zero-order valence-electron chi connectivity index (χ0n) is 17.9. The van der Waals surface area contributed by atoms with Crippen LogP contribution in [-0.4, -0.2) is 58.0 Å². The molecule has 0 spiro atoms. The molecule has 176 valence electrons. The summed E-state index contributed by atoms with van der Waals surface area (Å²) < 4.78 is 43.8. The molecule has 2 aromatic rings. The number of nitrogens with one attached hydrogen (secondary N) is 2. The van der Waals surface area contributed by atoms with Gasteiger partial charge in [0.2, 0.25) is 15.9 Å². The van der Waals surface area contributed by atoms with Crippen LogP contribution in [0, 0.1) is 0 Å². The summed E-state index contributed by atoms with van der Waals surface area (Å²) in [5.74, 6) is 0.312. The summed E-state index contributed by atoms with van der Waals surface area (Å²) >= 11 is 6.25. The molecule has 2 N–H and O–H groups in total. The van der Waals surface area contributed by atoms with Gasteiger partial charge < -0.3 is 24.8 Å². The van der Waals surface area contributed by atoms with Crippen molar-refractivity contribution in [1.82, 2.24) is 4.31 Å². The minimum absolute atomic E-state index is 0.0804. The molecule has 1 fully saturated rings. The van der Waals surface area contributed by atoms with Gasteiger partial charge in [-0.1, -0.05) is 11.6 Å². The minimum Gasteiger partial charge on any atom is -0.497 e. The molecule has 10 nitrogen and oxygen atoms in total. The molecule has 2 aliphatic rings. The molecule has 0 saturated carbocycles. The van der Waals surface area contributed by atoms with Gasteiger partial charge in [-0.2, -0.15) is 4.31 Å². The van der Waals surface area contributed by atoms with Crippen molar-refractivity contribution in [2.75, 3.05) is 38.0 Å². The first kappa shape index (κ1) is 23.1. The van der Waals surface area contributed by atoms with Gasteiger partial charge >= 0.3 is 0 Å². The molecule has 2 aromatic carbocycles. The van der Waals surface area contributed by atoms with Crippen molar-refractivity contribution in [2.45, 2.75) is 23.8 Å². The van der Waals surface area contributed by atoms with E-state index in [1.807, 2.05) is 0 Å². The summed E-state index contributed by atoms with van der Waals surface area (Å²) in [6.07, 6.45) is 0.856. The van der Waals surface area contributed by atoms with Crippen LogP contribution in [0.4, 0.5) is 11.4 Å². The number of nitrogens with zero attached hydrogens (tertiary/aromatic N) is 1. The Labute approximate surface area is 195 Å². The van der Waals surface area contributed by atoms with Crippen LogP contribution < -0.4 is 24.8 Å². The lowest BCUT2D eigenvalue weighted by Crippen LogP contribution is -2.43. The molecule has 1 unspecified atom stereocenters. The lowest BCUT2D eigenvalue weighted by Gasteiger charge is -2.25. The van der Waals surface area contributed by atoms with E-state index in [2.05, 4.69) is 10.6 Å². The monoisotopic (exact) mass is 495 g/mol. The number of amides is 2. The summed E-state index contributed by atoms with van der Waals surface area (Å²) in [5, 5.41) is 5.25. The number of ether oxygens (including phenoxy) is 3. The Morgan fingerprint density at radius 2 is 1.88 bits per heavy atom. The zero-order chi connectivity index (χ0) is 23.8. The molecule has 2 heterocycles. The third-order valence-electron chi connectivity index (χ3n) is 5.38. The van der Waals surface area contributed by atoms with Crippen LogP contribution in [0.5, 0.6) is 17.2 Å². The fraction of sp³-hybridized carbons (Fsp3) is 0.333. The second-order valence-corrected chi connectivity index (χ2v) is 9.75. The summed E-state index contributed by atoms with van der Waals surface area (Å²) in [6.45, 7) is -0.0697. The minimum atomic E-state index is -4.13. The largest absolute Gasteiger partial charge is 0.497 e. The predicted octanol–water partition coefficient (Wildman–Crippen LogP) is 2.48. The smallest absolute Gasteiger partial charge is 0.262 e. The number of fused-ring (bicyclic) bond motifs is 1. The number of hydrogen-bond donors (Lipinski definition) is 2. The van der Waals surface area contributed by atoms with E-state index in [1.54, 1.807) is 18.2 Å². The van der Waals surface area contributed by atoms with Crippen LogP contribution in [0.1, 0.15) is 12.8 Å². The van der Waals surface area contributed by atoms with E-state index in [1.165, 1.54) is 26.4 Å². The van der Waals surface area contributed by atoms with E-state index in [9.17, 15) is 18.0 Å². The summed E-state index contributed by atoms with van der Waals surface area (Å²) in [7, 11) is -1.15. The van der Waals surface area contributed by atoms with E-state index in [0.717, 1.165) is 4.31 Å². The van der Waals surface area contributed by atoms with Crippen molar-refractivity contribution in [2.24, 2.45) is 0 Å². The van der Waals surface area contributed by atoms with Crippen LogP contribution >= 0.6 is 11.6 Å². The van der Waals surface area contributed by atoms with E-state index in [4.69, 9.17) is 25.8 Å². The average molecular weight is 496 g/mol. The first-order chi connectivity index (χ1) is 15.7. The van der Waals surface area contributed by atoms with Crippen molar-refractivity contribution < 1.29 is 32.2 Å². The van der Waals surface area contributed by atoms with Crippen LogP contribution in [-0.2, 0) is 19.6 Å². The Kier molecular flexibility index (Phi) is 6.37.